The van der Waals surface area contributed by atoms with Gasteiger partial charge in [0.15, 0.2) is 0 Å². The Hall–Kier alpha value is -1.50. The van der Waals surface area contributed by atoms with Gasteiger partial charge < -0.3 is 10.6 Å². The molecule has 22 heavy (non-hydrogen) atoms. The van der Waals surface area contributed by atoms with E-state index >= 15 is 0 Å². The topological polar surface area (TPSA) is 66.9 Å². The molecule has 0 saturated carbocycles. The van der Waals surface area contributed by atoms with Crippen molar-refractivity contribution in [2.75, 3.05) is 18.4 Å². The van der Waals surface area contributed by atoms with E-state index in [1.54, 1.807) is 0 Å². The zero-order valence-electron chi connectivity index (χ0n) is 12.0. The molecule has 1 unspecified atom stereocenters. The summed E-state index contributed by atoms with van der Waals surface area (Å²) in [5, 5.41) is 16.2. The van der Waals surface area contributed by atoms with E-state index in [0.29, 0.717) is 22.5 Å². The van der Waals surface area contributed by atoms with Crippen LogP contribution in [0.1, 0.15) is 19.3 Å². The third-order valence-corrected chi connectivity index (χ3v) is 4.81. The molecule has 0 spiro atoms. The second-order valence-corrected chi connectivity index (χ2v) is 6.78. The Labute approximate surface area is 138 Å². The number of anilines is 1. The molecule has 7 heteroatoms. The van der Waals surface area contributed by atoms with Crippen molar-refractivity contribution in [2.24, 2.45) is 5.92 Å². The second-order valence-electron chi connectivity index (χ2n) is 5.37. The number of rotatable bonds is 5. The number of hydrogen-bond acceptors (Lipinski definition) is 5. The highest BCUT2D eigenvalue weighted by Crippen LogP contribution is 2.28. The fraction of sp³-hybridized carbons (Fsp3) is 0.400. The van der Waals surface area contributed by atoms with Gasteiger partial charge in [0.2, 0.25) is 11.0 Å². The smallest absolute Gasteiger partial charge is 0.226 e. The molecule has 2 heterocycles. The first-order chi connectivity index (χ1) is 10.7. The Balaban J connectivity index is 1.55. The van der Waals surface area contributed by atoms with Crippen molar-refractivity contribution in [3.8, 4) is 10.6 Å². The summed E-state index contributed by atoms with van der Waals surface area (Å²) in [6, 6.07) is 7.44. The minimum Gasteiger partial charge on any atom is -0.316 e. The molecule has 1 aliphatic heterocycles. The summed E-state index contributed by atoms with van der Waals surface area (Å²) in [7, 11) is 0. The normalized spacial score (nSPS) is 17.6. The molecule has 1 aromatic carbocycles. The van der Waals surface area contributed by atoms with E-state index in [9.17, 15) is 4.79 Å². The number of nitrogens with one attached hydrogen (secondary N) is 2. The third kappa shape index (κ3) is 4.03. The molecule has 5 nitrogen and oxygen atoms in total. The van der Waals surface area contributed by atoms with Gasteiger partial charge in [0.25, 0.3) is 0 Å². The predicted molar refractivity (Wildman–Crippen MR) is 89.2 cm³/mol. The molecule has 3 rings (SSSR count). The largest absolute Gasteiger partial charge is 0.316 e. The van der Waals surface area contributed by atoms with E-state index < -0.39 is 0 Å². The number of nitrogens with zero attached hydrogens (tertiary/aromatic N) is 2. The van der Waals surface area contributed by atoms with Crippen LogP contribution in [0.15, 0.2) is 24.3 Å². The number of carbonyl (C=O) groups is 1. The molecule has 2 N–H and O–H groups in total. The molecule has 1 amide bonds. The van der Waals surface area contributed by atoms with Gasteiger partial charge in [-0.15, -0.1) is 10.2 Å². The highest BCUT2D eigenvalue weighted by atomic mass is 35.5. The summed E-state index contributed by atoms with van der Waals surface area (Å²) in [5.74, 6) is 0.614. The van der Waals surface area contributed by atoms with E-state index in [0.717, 1.165) is 36.5 Å². The summed E-state index contributed by atoms with van der Waals surface area (Å²) in [6.45, 7) is 2.08. The summed E-state index contributed by atoms with van der Waals surface area (Å²) in [6.07, 6.45) is 2.60. The van der Waals surface area contributed by atoms with Crippen LogP contribution < -0.4 is 10.6 Å². The van der Waals surface area contributed by atoms with Crippen molar-refractivity contribution in [3.05, 3.63) is 29.3 Å². The number of benzene rings is 1. The second kappa shape index (κ2) is 7.17. The highest BCUT2D eigenvalue weighted by Gasteiger charge is 2.16. The SMILES string of the molecule is O=C(CCC1CCNC1)Nc1nnc(-c2cccc(Cl)c2)s1. The Morgan fingerprint density at radius 1 is 1.45 bits per heavy atom. The van der Waals surface area contributed by atoms with Crippen LogP contribution in [0.25, 0.3) is 10.6 Å². The molecular formula is C15H17ClN4OS. The van der Waals surface area contributed by atoms with Crippen molar-refractivity contribution >= 4 is 34.0 Å². The van der Waals surface area contributed by atoms with Crippen LogP contribution in [0.3, 0.4) is 0 Å². The van der Waals surface area contributed by atoms with Crippen LogP contribution in [-0.4, -0.2) is 29.2 Å². The summed E-state index contributed by atoms with van der Waals surface area (Å²) in [5.41, 5.74) is 0.905. The molecular weight excluding hydrogens is 320 g/mol. The number of amides is 1. The molecule has 0 aliphatic carbocycles. The van der Waals surface area contributed by atoms with Gasteiger partial charge in [-0.2, -0.15) is 0 Å². The van der Waals surface area contributed by atoms with Crippen LogP contribution in [0.4, 0.5) is 5.13 Å². The van der Waals surface area contributed by atoms with Crippen molar-refractivity contribution in [1.29, 1.82) is 0 Å². The van der Waals surface area contributed by atoms with Crippen molar-refractivity contribution in [2.45, 2.75) is 19.3 Å². The minimum absolute atomic E-state index is 0.000643. The molecule has 2 aromatic rings. The van der Waals surface area contributed by atoms with Gasteiger partial charge in [-0.25, -0.2) is 0 Å². The molecule has 1 saturated heterocycles. The number of hydrogen-bond donors (Lipinski definition) is 2. The fourth-order valence-corrected chi connectivity index (χ4v) is 3.44. The maximum atomic E-state index is 12.0. The summed E-state index contributed by atoms with van der Waals surface area (Å²) >= 11 is 7.33. The van der Waals surface area contributed by atoms with Gasteiger partial charge in [-0.1, -0.05) is 35.1 Å². The molecule has 1 fully saturated rings. The van der Waals surface area contributed by atoms with Gasteiger partial charge in [0.05, 0.1) is 0 Å². The number of carbonyl (C=O) groups excluding carboxylic acids is 1. The third-order valence-electron chi connectivity index (χ3n) is 3.68. The van der Waals surface area contributed by atoms with E-state index in [2.05, 4.69) is 20.8 Å². The van der Waals surface area contributed by atoms with Crippen molar-refractivity contribution in [1.82, 2.24) is 15.5 Å². The quantitative estimate of drug-likeness (QED) is 0.880. The Morgan fingerprint density at radius 2 is 2.36 bits per heavy atom. The molecule has 0 bridgehead atoms. The van der Waals surface area contributed by atoms with Gasteiger partial charge >= 0.3 is 0 Å². The van der Waals surface area contributed by atoms with Crippen LogP contribution in [0, 0.1) is 5.92 Å². The van der Waals surface area contributed by atoms with Crippen LogP contribution in [0.2, 0.25) is 5.02 Å². The lowest BCUT2D eigenvalue weighted by Gasteiger charge is -2.06. The Kier molecular flexibility index (Phi) is 5.02. The molecule has 116 valence electrons. The lowest BCUT2D eigenvalue weighted by atomic mass is 10.0. The maximum absolute atomic E-state index is 12.0. The Bertz CT molecular complexity index is 654. The molecule has 0 radical (unpaired) electrons. The first-order valence-electron chi connectivity index (χ1n) is 7.31. The summed E-state index contributed by atoms with van der Waals surface area (Å²) in [4.78, 5) is 12.0. The van der Waals surface area contributed by atoms with Crippen molar-refractivity contribution in [3.63, 3.8) is 0 Å². The average Bonchev–Trinajstić information content (AvgIpc) is 3.16. The lowest BCUT2D eigenvalue weighted by molar-refractivity contribution is -0.116. The van der Waals surface area contributed by atoms with Gasteiger partial charge in [-0.3, -0.25) is 4.79 Å². The monoisotopic (exact) mass is 336 g/mol. The number of aromatic nitrogens is 2. The average molecular weight is 337 g/mol. The molecule has 1 aliphatic rings. The van der Waals surface area contributed by atoms with Crippen molar-refractivity contribution < 1.29 is 4.79 Å². The molecule has 1 atom stereocenters. The van der Waals surface area contributed by atoms with Crippen LogP contribution in [-0.2, 0) is 4.79 Å². The van der Waals surface area contributed by atoms with Gasteiger partial charge in [0.1, 0.15) is 5.01 Å². The maximum Gasteiger partial charge on any atom is 0.226 e. The zero-order valence-corrected chi connectivity index (χ0v) is 13.6. The zero-order chi connectivity index (χ0) is 15.4. The standard InChI is InChI=1S/C15H17ClN4OS/c16-12-3-1-2-11(8-12)14-19-20-15(22-14)18-13(21)5-4-10-6-7-17-9-10/h1-3,8,10,17H,4-7,9H2,(H,18,20,21). The van der Waals surface area contributed by atoms with E-state index in [-0.39, 0.29) is 5.91 Å². The van der Waals surface area contributed by atoms with Gasteiger partial charge in [-0.05, 0) is 44.0 Å². The predicted octanol–water partition coefficient (Wildman–Crippen LogP) is 3.19. The molecule has 1 aromatic heterocycles. The highest BCUT2D eigenvalue weighted by molar-refractivity contribution is 7.18. The van der Waals surface area contributed by atoms with Crippen LogP contribution >= 0.6 is 22.9 Å². The number of halogens is 1. The summed E-state index contributed by atoms with van der Waals surface area (Å²) < 4.78 is 0. The van der Waals surface area contributed by atoms with Gasteiger partial charge in [0, 0.05) is 17.0 Å². The van der Waals surface area contributed by atoms with E-state index in [1.165, 1.54) is 11.3 Å². The van der Waals surface area contributed by atoms with E-state index in [4.69, 9.17) is 11.6 Å². The van der Waals surface area contributed by atoms with E-state index in [1.807, 2.05) is 24.3 Å². The lowest BCUT2D eigenvalue weighted by Crippen LogP contribution is -2.14. The van der Waals surface area contributed by atoms with Crippen LogP contribution in [0.5, 0.6) is 0 Å². The minimum atomic E-state index is 0.000643. The Morgan fingerprint density at radius 3 is 3.14 bits per heavy atom. The fourth-order valence-electron chi connectivity index (χ4n) is 2.49. The first-order valence-corrected chi connectivity index (χ1v) is 8.50. The first kappa shape index (κ1) is 15.4.